The normalized spacial score (nSPS) is 15.5. The number of carbonyl (C=O) groups excluding carboxylic acids is 1. The summed E-state index contributed by atoms with van der Waals surface area (Å²) in [4.78, 5) is 13.1. The number of rotatable bonds is 5. The maximum Gasteiger partial charge on any atom is 0.236 e. The molecule has 0 bridgehead atoms. The van der Waals surface area contributed by atoms with E-state index >= 15 is 0 Å². The smallest absolute Gasteiger partial charge is 0.236 e. The van der Waals surface area contributed by atoms with Crippen molar-refractivity contribution < 1.29 is 4.79 Å². The van der Waals surface area contributed by atoms with E-state index in [0.29, 0.717) is 6.54 Å². The topological polar surface area (TPSA) is 32.3 Å². The second-order valence-corrected chi connectivity index (χ2v) is 2.99. The fourth-order valence-corrected chi connectivity index (χ4v) is 1.08. The van der Waals surface area contributed by atoms with Crippen molar-refractivity contribution in [2.75, 3.05) is 26.2 Å². The molecule has 1 aliphatic heterocycles. The highest BCUT2D eigenvalue weighted by Crippen LogP contribution is 2.04. The van der Waals surface area contributed by atoms with E-state index in [9.17, 15) is 4.79 Å². The van der Waals surface area contributed by atoms with Gasteiger partial charge in [-0.2, -0.15) is 0 Å². The summed E-state index contributed by atoms with van der Waals surface area (Å²) in [5.74, 6) is 0.227. The van der Waals surface area contributed by atoms with Crippen LogP contribution in [0.4, 0.5) is 0 Å². The maximum atomic E-state index is 11.2. The van der Waals surface area contributed by atoms with E-state index in [0.717, 1.165) is 26.1 Å². The van der Waals surface area contributed by atoms with Crippen LogP contribution < -0.4 is 5.32 Å². The quantitative estimate of drug-likeness (QED) is 0.475. The van der Waals surface area contributed by atoms with Gasteiger partial charge in [0.2, 0.25) is 5.91 Å². The van der Waals surface area contributed by atoms with Crippen LogP contribution in [0, 0.1) is 0 Å². The van der Waals surface area contributed by atoms with Gasteiger partial charge in [0.25, 0.3) is 0 Å². The molecule has 1 aliphatic rings. The number of nitrogens with zero attached hydrogens (tertiary/aromatic N) is 1. The van der Waals surface area contributed by atoms with E-state index in [1.807, 2.05) is 11.0 Å². The molecule has 1 fully saturated rings. The zero-order valence-electron chi connectivity index (χ0n) is 7.38. The lowest BCUT2D eigenvalue weighted by Gasteiger charge is -2.30. The van der Waals surface area contributed by atoms with Gasteiger partial charge in [0.1, 0.15) is 0 Å². The molecule has 1 heterocycles. The summed E-state index contributed by atoms with van der Waals surface area (Å²) in [6, 6.07) is 0. The number of hydrogen-bond donors (Lipinski definition) is 1. The first-order valence-electron chi connectivity index (χ1n) is 4.44. The second kappa shape index (κ2) is 4.93. The van der Waals surface area contributed by atoms with E-state index < -0.39 is 0 Å². The molecule has 3 heteroatoms. The first-order chi connectivity index (χ1) is 5.84. The molecule has 68 valence electrons. The van der Waals surface area contributed by atoms with Crippen LogP contribution in [0.25, 0.3) is 0 Å². The van der Waals surface area contributed by atoms with Gasteiger partial charge >= 0.3 is 0 Å². The van der Waals surface area contributed by atoms with Gasteiger partial charge in [-0.25, -0.2) is 0 Å². The minimum Gasteiger partial charge on any atom is -0.341 e. The highest BCUT2D eigenvalue weighted by atomic mass is 16.2. The largest absolute Gasteiger partial charge is 0.341 e. The van der Waals surface area contributed by atoms with Crippen LogP contribution in [0.3, 0.4) is 0 Å². The van der Waals surface area contributed by atoms with Crippen molar-refractivity contribution in [3.05, 3.63) is 12.7 Å². The monoisotopic (exact) mass is 168 g/mol. The highest BCUT2D eigenvalue weighted by Gasteiger charge is 2.18. The Bertz CT molecular complexity index is 164. The molecular weight excluding hydrogens is 152 g/mol. The molecule has 0 aromatic heterocycles. The summed E-state index contributed by atoms with van der Waals surface area (Å²) in [7, 11) is 0. The first kappa shape index (κ1) is 9.26. The second-order valence-electron chi connectivity index (χ2n) is 2.99. The minimum atomic E-state index is 0.227. The number of amides is 1. The molecule has 3 nitrogen and oxygen atoms in total. The third-order valence-electron chi connectivity index (χ3n) is 2.01. The van der Waals surface area contributed by atoms with Gasteiger partial charge in [-0.05, 0) is 19.4 Å². The van der Waals surface area contributed by atoms with Crippen molar-refractivity contribution in [2.45, 2.75) is 12.8 Å². The number of hydrogen-bond acceptors (Lipinski definition) is 2. The molecular formula is C9H16N2O. The van der Waals surface area contributed by atoms with Gasteiger partial charge in [0.05, 0.1) is 6.54 Å². The third-order valence-corrected chi connectivity index (χ3v) is 2.01. The average molecular weight is 168 g/mol. The first-order valence-corrected chi connectivity index (χ1v) is 4.44. The molecule has 0 aromatic rings. The molecule has 1 saturated heterocycles. The molecule has 0 unspecified atom stereocenters. The van der Waals surface area contributed by atoms with Crippen LogP contribution in [-0.4, -0.2) is 37.0 Å². The molecule has 0 atom stereocenters. The van der Waals surface area contributed by atoms with Gasteiger partial charge in [0.15, 0.2) is 0 Å². The van der Waals surface area contributed by atoms with Crippen LogP contribution >= 0.6 is 0 Å². The van der Waals surface area contributed by atoms with Crippen LogP contribution in [0.15, 0.2) is 12.7 Å². The predicted octanol–water partition coefficient (Wildman–Crippen LogP) is 0.384. The molecule has 0 radical (unpaired) electrons. The Balaban J connectivity index is 1.98. The van der Waals surface area contributed by atoms with Crippen molar-refractivity contribution in [2.24, 2.45) is 0 Å². The molecule has 0 aliphatic carbocycles. The number of carbonyl (C=O) groups is 1. The van der Waals surface area contributed by atoms with Crippen LogP contribution in [0.1, 0.15) is 12.8 Å². The number of nitrogens with one attached hydrogen (secondary N) is 1. The summed E-state index contributed by atoms with van der Waals surface area (Å²) in [5.41, 5.74) is 0. The SMILES string of the molecule is C=CCCNCC(=O)N1CCC1. The maximum absolute atomic E-state index is 11.2. The minimum absolute atomic E-state index is 0.227. The van der Waals surface area contributed by atoms with Crippen molar-refractivity contribution in [3.63, 3.8) is 0 Å². The number of likely N-dealkylation sites (tertiary alicyclic amines) is 1. The lowest BCUT2D eigenvalue weighted by molar-refractivity contribution is -0.133. The molecule has 0 spiro atoms. The fraction of sp³-hybridized carbons (Fsp3) is 0.667. The predicted molar refractivity (Wildman–Crippen MR) is 48.9 cm³/mol. The summed E-state index contributed by atoms with van der Waals surface area (Å²) in [5, 5.41) is 3.07. The van der Waals surface area contributed by atoms with Crippen LogP contribution in [-0.2, 0) is 4.79 Å². The summed E-state index contributed by atoms with van der Waals surface area (Å²) < 4.78 is 0. The standard InChI is InChI=1S/C9H16N2O/c1-2-3-5-10-8-9(12)11-6-4-7-11/h2,10H,1,3-8H2. The van der Waals surface area contributed by atoms with E-state index in [2.05, 4.69) is 11.9 Å². The Morgan fingerprint density at radius 1 is 1.58 bits per heavy atom. The zero-order chi connectivity index (χ0) is 8.81. The Kier molecular flexibility index (Phi) is 3.80. The zero-order valence-corrected chi connectivity index (χ0v) is 7.38. The lowest BCUT2D eigenvalue weighted by atomic mass is 10.2. The lowest BCUT2D eigenvalue weighted by Crippen LogP contribution is -2.46. The van der Waals surface area contributed by atoms with Crippen molar-refractivity contribution in [1.82, 2.24) is 10.2 Å². The van der Waals surface area contributed by atoms with Crippen molar-refractivity contribution in [3.8, 4) is 0 Å². The molecule has 0 aromatic carbocycles. The molecule has 12 heavy (non-hydrogen) atoms. The molecule has 1 amide bonds. The fourth-order valence-electron chi connectivity index (χ4n) is 1.08. The highest BCUT2D eigenvalue weighted by molar-refractivity contribution is 5.78. The van der Waals surface area contributed by atoms with Gasteiger partial charge in [-0.15, -0.1) is 6.58 Å². The van der Waals surface area contributed by atoms with E-state index in [4.69, 9.17) is 0 Å². The van der Waals surface area contributed by atoms with E-state index in [1.165, 1.54) is 6.42 Å². The Hall–Kier alpha value is -0.830. The molecule has 1 rings (SSSR count). The van der Waals surface area contributed by atoms with Crippen LogP contribution in [0.5, 0.6) is 0 Å². The van der Waals surface area contributed by atoms with Gasteiger partial charge in [-0.3, -0.25) is 4.79 Å². The van der Waals surface area contributed by atoms with Crippen molar-refractivity contribution in [1.29, 1.82) is 0 Å². The van der Waals surface area contributed by atoms with E-state index in [-0.39, 0.29) is 5.91 Å². The molecule has 1 N–H and O–H groups in total. The summed E-state index contributed by atoms with van der Waals surface area (Å²) in [6.07, 6.45) is 3.94. The van der Waals surface area contributed by atoms with Gasteiger partial charge < -0.3 is 10.2 Å². The van der Waals surface area contributed by atoms with Gasteiger partial charge in [0, 0.05) is 13.1 Å². The van der Waals surface area contributed by atoms with Gasteiger partial charge in [-0.1, -0.05) is 6.08 Å². The third kappa shape index (κ3) is 2.66. The Morgan fingerprint density at radius 2 is 2.33 bits per heavy atom. The van der Waals surface area contributed by atoms with Crippen molar-refractivity contribution >= 4 is 5.91 Å². The van der Waals surface area contributed by atoms with E-state index in [1.54, 1.807) is 0 Å². The summed E-state index contributed by atoms with van der Waals surface area (Å²) >= 11 is 0. The average Bonchev–Trinajstić information content (AvgIpc) is 1.95. The molecule has 0 saturated carbocycles. The summed E-state index contributed by atoms with van der Waals surface area (Å²) in [6.45, 7) is 6.83. The van der Waals surface area contributed by atoms with Crippen LogP contribution in [0.2, 0.25) is 0 Å². The Morgan fingerprint density at radius 3 is 2.83 bits per heavy atom. The Labute approximate surface area is 73.4 Å².